The first-order valence-electron chi connectivity index (χ1n) is 4.97. The van der Waals surface area contributed by atoms with Crippen molar-refractivity contribution in [2.75, 3.05) is 28.3 Å². The molecule has 0 saturated carbocycles. The van der Waals surface area contributed by atoms with Crippen molar-refractivity contribution in [2.24, 2.45) is 0 Å². The summed E-state index contributed by atoms with van der Waals surface area (Å²) in [5.41, 5.74) is 6.17. The van der Waals surface area contributed by atoms with Gasteiger partial charge in [-0.3, -0.25) is 4.79 Å². The number of nitrogen functional groups attached to an aromatic ring is 1. The molecular formula is C10H14ClN3OS2. The fourth-order valence-corrected chi connectivity index (χ4v) is 3.90. The maximum atomic E-state index is 11.8. The Hall–Kier alpha value is -0.590. The number of nitrogens with two attached hydrogens (primary N) is 1. The van der Waals surface area contributed by atoms with Crippen molar-refractivity contribution in [2.45, 2.75) is 5.25 Å². The molecule has 4 nitrogen and oxygen atoms in total. The predicted octanol–water partition coefficient (Wildman–Crippen LogP) is 1.87. The van der Waals surface area contributed by atoms with Crippen LogP contribution in [0.4, 0.5) is 11.5 Å². The van der Waals surface area contributed by atoms with Crippen molar-refractivity contribution in [1.82, 2.24) is 4.98 Å². The average molecular weight is 292 g/mol. The predicted molar refractivity (Wildman–Crippen MR) is 78.1 cm³/mol. The summed E-state index contributed by atoms with van der Waals surface area (Å²) in [6, 6.07) is 3.44. The van der Waals surface area contributed by atoms with Gasteiger partial charge in [0.25, 0.3) is 0 Å². The minimum atomic E-state index is 0. The van der Waals surface area contributed by atoms with E-state index in [9.17, 15) is 4.79 Å². The fourth-order valence-electron chi connectivity index (χ4n) is 1.34. The molecule has 0 aromatic carbocycles. The Morgan fingerprint density at radius 1 is 1.47 bits per heavy atom. The molecule has 0 spiro atoms. The number of hydrogen-bond acceptors (Lipinski definition) is 5. The first-order valence-corrected chi connectivity index (χ1v) is 7.18. The number of pyridine rings is 1. The van der Waals surface area contributed by atoms with E-state index >= 15 is 0 Å². The van der Waals surface area contributed by atoms with Crippen LogP contribution in [-0.4, -0.2) is 33.4 Å². The summed E-state index contributed by atoms with van der Waals surface area (Å²) in [5.74, 6) is 3.59. The number of hydrogen-bond donors (Lipinski definition) is 2. The lowest BCUT2D eigenvalue weighted by atomic mass is 10.3. The Balaban J connectivity index is 0.00000144. The number of rotatable bonds is 2. The normalized spacial score (nSPS) is 19.2. The third-order valence-corrected chi connectivity index (χ3v) is 4.92. The summed E-state index contributed by atoms with van der Waals surface area (Å²) in [5, 5.41) is 2.90. The number of nitrogens with zero attached hydrogens (tertiary/aromatic N) is 1. The van der Waals surface area contributed by atoms with Gasteiger partial charge in [0.2, 0.25) is 5.91 Å². The van der Waals surface area contributed by atoms with Gasteiger partial charge in [0.15, 0.2) is 0 Å². The Bertz CT molecular complexity index is 368. The Labute approximate surface area is 115 Å². The summed E-state index contributed by atoms with van der Waals surface area (Å²) in [7, 11) is 0. The minimum absolute atomic E-state index is 0. The number of halogens is 1. The monoisotopic (exact) mass is 291 g/mol. The number of nitrogens with one attached hydrogen (secondary N) is 1. The second-order valence-corrected chi connectivity index (χ2v) is 5.86. The molecule has 2 heterocycles. The highest BCUT2D eigenvalue weighted by Gasteiger charge is 2.22. The molecule has 3 N–H and O–H groups in total. The lowest BCUT2D eigenvalue weighted by Crippen LogP contribution is -2.30. The molecule has 0 aliphatic carbocycles. The van der Waals surface area contributed by atoms with Gasteiger partial charge in [-0.1, -0.05) is 0 Å². The SMILES string of the molecule is Cl.Nc1ccc(NC(=O)C2CSCCS2)cn1. The molecule has 1 atom stereocenters. The number of aromatic nitrogens is 1. The zero-order chi connectivity index (χ0) is 11.4. The largest absolute Gasteiger partial charge is 0.384 e. The van der Waals surface area contributed by atoms with Crippen molar-refractivity contribution in [3.05, 3.63) is 18.3 Å². The van der Waals surface area contributed by atoms with Gasteiger partial charge in [0.05, 0.1) is 17.1 Å². The molecule has 0 radical (unpaired) electrons. The van der Waals surface area contributed by atoms with Crippen LogP contribution in [0, 0.1) is 0 Å². The van der Waals surface area contributed by atoms with Gasteiger partial charge < -0.3 is 11.1 Å². The Morgan fingerprint density at radius 2 is 2.29 bits per heavy atom. The highest BCUT2D eigenvalue weighted by Crippen LogP contribution is 2.25. The van der Waals surface area contributed by atoms with Crippen molar-refractivity contribution in [3.8, 4) is 0 Å². The molecule has 1 aliphatic heterocycles. The molecule has 1 unspecified atom stereocenters. The van der Waals surface area contributed by atoms with Crippen molar-refractivity contribution in [3.63, 3.8) is 0 Å². The molecule has 1 fully saturated rings. The van der Waals surface area contributed by atoms with E-state index in [4.69, 9.17) is 5.73 Å². The highest BCUT2D eigenvalue weighted by molar-refractivity contribution is 8.07. The van der Waals surface area contributed by atoms with Crippen LogP contribution in [0.5, 0.6) is 0 Å². The second-order valence-electron chi connectivity index (χ2n) is 3.40. The molecule has 17 heavy (non-hydrogen) atoms. The van der Waals surface area contributed by atoms with E-state index in [1.165, 1.54) is 0 Å². The fraction of sp³-hybridized carbons (Fsp3) is 0.400. The molecule has 1 aliphatic rings. The van der Waals surface area contributed by atoms with Crippen LogP contribution < -0.4 is 11.1 Å². The lowest BCUT2D eigenvalue weighted by Gasteiger charge is -2.19. The second kappa shape index (κ2) is 6.98. The molecule has 1 aromatic rings. The summed E-state index contributed by atoms with van der Waals surface area (Å²) in [6.07, 6.45) is 1.58. The zero-order valence-electron chi connectivity index (χ0n) is 9.09. The maximum absolute atomic E-state index is 11.8. The smallest absolute Gasteiger partial charge is 0.238 e. The first-order chi connectivity index (χ1) is 7.75. The van der Waals surface area contributed by atoms with E-state index in [1.54, 1.807) is 30.1 Å². The third kappa shape index (κ3) is 4.29. The molecule has 2 rings (SSSR count). The van der Waals surface area contributed by atoms with E-state index in [0.717, 1.165) is 17.3 Å². The summed E-state index contributed by atoms with van der Waals surface area (Å²) in [6.45, 7) is 0. The van der Waals surface area contributed by atoms with E-state index in [2.05, 4.69) is 10.3 Å². The summed E-state index contributed by atoms with van der Waals surface area (Å²) in [4.78, 5) is 15.8. The van der Waals surface area contributed by atoms with Gasteiger partial charge in [-0.05, 0) is 12.1 Å². The molecule has 1 saturated heterocycles. The van der Waals surface area contributed by atoms with Crippen LogP contribution >= 0.6 is 35.9 Å². The van der Waals surface area contributed by atoms with Crippen LogP contribution in [0.1, 0.15) is 0 Å². The van der Waals surface area contributed by atoms with Gasteiger partial charge in [0.1, 0.15) is 5.82 Å². The number of anilines is 2. The number of carbonyl (C=O) groups is 1. The van der Waals surface area contributed by atoms with Crippen molar-refractivity contribution < 1.29 is 4.79 Å². The van der Waals surface area contributed by atoms with Crippen LogP contribution in [0.25, 0.3) is 0 Å². The maximum Gasteiger partial charge on any atom is 0.238 e. The molecule has 1 amide bonds. The van der Waals surface area contributed by atoms with Crippen LogP contribution in [0.3, 0.4) is 0 Å². The molecule has 94 valence electrons. The van der Waals surface area contributed by atoms with E-state index in [-0.39, 0.29) is 23.6 Å². The molecular weight excluding hydrogens is 278 g/mol. The highest BCUT2D eigenvalue weighted by atomic mass is 35.5. The summed E-state index contributed by atoms with van der Waals surface area (Å²) >= 11 is 3.54. The van der Waals surface area contributed by atoms with E-state index < -0.39 is 0 Å². The zero-order valence-corrected chi connectivity index (χ0v) is 11.5. The average Bonchev–Trinajstić information content (AvgIpc) is 2.33. The van der Waals surface area contributed by atoms with Gasteiger partial charge in [-0.2, -0.15) is 11.8 Å². The van der Waals surface area contributed by atoms with E-state index in [0.29, 0.717) is 11.5 Å². The number of carbonyl (C=O) groups excluding carboxylic acids is 1. The van der Waals surface area contributed by atoms with Crippen molar-refractivity contribution in [1.29, 1.82) is 0 Å². The van der Waals surface area contributed by atoms with Crippen LogP contribution in [0.15, 0.2) is 18.3 Å². The first kappa shape index (κ1) is 14.5. The topological polar surface area (TPSA) is 68.0 Å². The quantitative estimate of drug-likeness (QED) is 0.871. The Kier molecular flexibility index (Phi) is 5.94. The minimum Gasteiger partial charge on any atom is -0.384 e. The lowest BCUT2D eigenvalue weighted by molar-refractivity contribution is -0.115. The standard InChI is InChI=1S/C10H13N3OS2.ClH/c11-9-2-1-7(5-12-9)13-10(14)8-6-15-3-4-16-8;/h1-2,5,8H,3-4,6H2,(H2,11,12)(H,13,14);1H. The van der Waals surface area contributed by atoms with E-state index in [1.807, 2.05) is 11.8 Å². The number of amides is 1. The van der Waals surface area contributed by atoms with Crippen LogP contribution in [-0.2, 0) is 4.79 Å². The van der Waals surface area contributed by atoms with Gasteiger partial charge in [0, 0.05) is 17.3 Å². The van der Waals surface area contributed by atoms with Crippen LogP contribution in [0.2, 0.25) is 0 Å². The van der Waals surface area contributed by atoms with Gasteiger partial charge >= 0.3 is 0 Å². The number of thioether (sulfide) groups is 2. The summed E-state index contributed by atoms with van der Waals surface area (Å²) < 4.78 is 0. The molecule has 0 bridgehead atoms. The molecule has 1 aromatic heterocycles. The van der Waals surface area contributed by atoms with Gasteiger partial charge in [-0.25, -0.2) is 4.98 Å². The third-order valence-electron chi connectivity index (χ3n) is 2.16. The van der Waals surface area contributed by atoms with Crippen molar-refractivity contribution >= 4 is 53.3 Å². The molecule has 7 heteroatoms. The van der Waals surface area contributed by atoms with Gasteiger partial charge in [-0.15, -0.1) is 24.2 Å². The Morgan fingerprint density at radius 3 is 2.88 bits per heavy atom.